The zero-order chi connectivity index (χ0) is 14.6. The second-order valence-electron chi connectivity index (χ2n) is 3.71. The number of nitrogens with two attached hydrogens (primary N) is 1. The number of carbonyl (C=O) groups excluding carboxylic acids is 1. The van der Waals surface area contributed by atoms with Gasteiger partial charge in [-0.2, -0.15) is 8.78 Å². The van der Waals surface area contributed by atoms with Crippen molar-refractivity contribution < 1.29 is 23.0 Å². The van der Waals surface area contributed by atoms with Crippen molar-refractivity contribution in [2.24, 2.45) is 5.73 Å². The Labute approximate surface area is 118 Å². The van der Waals surface area contributed by atoms with Crippen LogP contribution in [0.4, 0.5) is 8.78 Å². The van der Waals surface area contributed by atoms with Crippen LogP contribution in [0.25, 0.3) is 0 Å². The molecule has 0 aromatic heterocycles. The molecule has 0 aliphatic rings. The highest BCUT2D eigenvalue weighted by molar-refractivity contribution is 9.10. The lowest BCUT2D eigenvalue weighted by Crippen LogP contribution is -2.41. The van der Waals surface area contributed by atoms with E-state index >= 15 is 0 Å². The van der Waals surface area contributed by atoms with Crippen LogP contribution < -0.4 is 10.5 Å². The van der Waals surface area contributed by atoms with E-state index < -0.39 is 17.9 Å². The maximum atomic E-state index is 13.9. The largest absolute Gasteiger partial charge is 0.496 e. The lowest BCUT2D eigenvalue weighted by molar-refractivity contribution is -0.174. The SMILES string of the molecule is CCOC(=O)C(F)(F)[C@H](N)c1cc(Br)ccc1OC. The quantitative estimate of drug-likeness (QED) is 0.839. The smallest absolute Gasteiger partial charge is 0.379 e. The van der Waals surface area contributed by atoms with Crippen molar-refractivity contribution in [2.75, 3.05) is 13.7 Å². The zero-order valence-electron chi connectivity index (χ0n) is 10.5. The number of rotatable bonds is 5. The standard InChI is InChI=1S/C12H14BrF2NO3/c1-3-19-11(17)12(14,15)10(16)8-6-7(13)4-5-9(8)18-2/h4-6,10H,3,16H2,1-2H3/t10-/m1/s1. The Balaban J connectivity index is 3.14. The molecule has 0 amide bonds. The molecule has 1 atom stereocenters. The molecule has 0 aliphatic carbocycles. The first-order valence-electron chi connectivity index (χ1n) is 5.48. The van der Waals surface area contributed by atoms with Crippen LogP contribution in [0.15, 0.2) is 22.7 Å². The van der Waals surface area contributed by atoms with Gasteiger partial charge in [-0.25, -0.2) is 4.79 Å². The molecule has 7 heteroatoms. The van der Waals surface area contributed by atoms with Crippen LogP contribution in [0.1, 0.15) is 18.5 Å². The van der Waals surface area contributed by atoms with Crippen molar-refractivity contribution in [1.29, 1.82) is 0 Å². The highest BCUT2D eigenvalue weighted by Gasteiger charge is 2.48. The molecule has 0 saturated heterocycles. The number of esters is 1. The van der Waals surface area contributed by atoms with Crippen molar-refractivity contribution in [3.8, 4) is 5.75 Å². The molecule has 0 heterocycles. The number of halogens is 3. The van der Waals surface area contributed by atoms with Crippen LogP contribution in [-0.2, 0) is 9.53 Å². The first-order chi connectivity index (χ1) is 8.84. The van der Waals surface area contributed by atoms with E-state index in [-0.39, 0.29) is 17.9 Å². The number of carbonyl (C=O) groups is 1. The van der Waals surface area contributed by atoms with Crippen LogP contribution in [-0.4, -0.2) is 25.6 Å². The summed E-state index contributed by atoms with van der Waals surface area (Å²) in [5.74, 6) is -5.30. The lowest BCUT2D eigenvalue weighted by atomic mass is 10.0. The maximum Gasteiger partial charge on any atom is 0.379 e. The van der Waals surface area contributed by atoms with E-state index in [2.05, 4.69) is 20.7 Å². The van der Waals surface area contributed by atoms with Gasteiger partial charge in [0, 0.05) is 10.0 Å². The number of hydrogen-bond acceptors (Lipinski definition) is 4. The average Bonchev–Trinajstić information content (AvgIpc) is 2.38. The van der Waals surface area contributed by atoms with Crippen LogP contribution in [0.3, 0.4) is 0 Å². The molecule has 106 valence electrons. The highest BCUT2D eigenvalue weighted by atomic mass is 79.9. The van der Waals surface area contributed by atoms with Gasteiger partial charge < -0.3 is 15.2 Å². The Bertz CT molecular complexity index is 468. The summed E-state index contributed by atoms with van der Waals surface area (Å²) in [6.45, 7) is 1.30. The van der Waals surface area contributed by atoms with Crippen LogP contribution >= 0.6 is 15.9 Å². The molecule has 19 heavy (non-hydrogen) atoms. The van der Waals surface area contributed by atoms with Gasteiger partial charge in [0.1, 0.15) is 11.8 Å². The third-order valence-corrected chi connectivity index (χ3v) is 2.96. The second-order valence-corrected chi connectivity index (χ2v) is 4.62. The third kappa shape index (κ3) is 3.42. The van der Waals surface area contributed by atoms with Crippen LogP contribution in [0.5, 0.6) is 5.75 Å². The molecule has 0 radical (unpaired) electrons. The molecule has 0 saturated carbocycles. The summed E-state index contributed by atoms with van der Waals surface area (Å²) in [6.07, 6.45) is 0. The first kappa shape index (κ1) is 15.8. The van der Waals surface area contributed by atoms with Gasteiger partial charge in [0.25, 0.3) is 0 Å². The summed E-state index contributed by atoms with van der Waals surface area (Å²) in [5.41, 5.74) is 5.52. The van der Waals surface area contributed by atoms with Crippen LogP contribution in [0, 0.1) is 0 Å². The van der Waals surface area contributed by atoms with E-state index in [9.17, 15) is 13.6 Å². The summed E-state index contributed by atoms with van der Waals surface area (Å²) in [6, 6.07) is 2.65. The van der Waals surface area contributed by atoms with E-state index in [0.717, 1.165) is 0 Å². The second kappa shape index (κ2) is 6.29. The monoisotopic (exact) mass is 337 g/mol. The lowest BCUT2D eigenvalue weighted by Gasteiger charge is -2.23. The molecule has 0 unspecified atom stereocenters. The van der Waals surface area contributed by atoms with Gasteiger partial charge in [-0.3, -0.25) is 0 Å². The number of alkyl halides is 2. The number of hydrogen-bond donors (Lipinski definition) is 1. The topological polar surface area (TPSA) is 61.5 Å². The fourth-order valence-corrected chi connectivity index (χ4v) is 1.88. The predicted molar refractivity (Wildman–Crippen MR) is 69.2 cm³/mol. The highest BCUT2D eigenvalue weighted by Crippen LogP contribution is 2.36. The number of benzene rings is 1. The molecule has 1 aromatic rings. The molecule has 2 N–H and O–H groups in total. The molecule has 1 aromatic carbocycles. The van der Waals surface area contributed by atoms with Gasteiger partial charge in [0.05, 0.1) is 13.7 Å². The summed E-state index contributed by atoms with van der Waals surface area (Å²) in [7, 11) is 1.34. The Kier molecular flexibility index (Phi) is 5.25. The Morgan fingerprint density at radius 3 is 2.68 bits per heavy atom. The van der Waals surface area contributed by atoms with Crippen molar-refractivity contribution in [3.63, 3.8) is 0 Å². The summed E-state index contributed by atoms with van der Waals surface area (Å²) < 4.78 is 37.6. The zero-order valence-corrected chi connectivity index (χ0v) is 12.0. The van der Waals surface area contributed by atoms with E-state index in [1.54, 1.807) is 6.07 Å². The molecule has 1 rings (SSSR count). The van der Waals surface area contributed by atoms with Gasteiger partial charge in [-0.15, -0.1) is 0 Å². The first-order valence-corrected chi connectivity index (χ1v) is 6.28. The van der Waals surface area contributed by atoms with Crippen LogP contribution in [0.2, 0.25) is 0 Å². The minimum absolute atomic E-state index is 0.0231. The minimum atomic E-state index is -3.83. The Morgan fingerprint density at radius 2 is 2.16 bits per heavy atom. The van der Waals surface area contributed by atoms with Crippen molar-refractivity contribution >= 4 is 21.9 Å². The van der Waals surface area contributed by atoms with Crippen molar-refractivity contribution in [1.82, 2.24) is 0 Å². The maximum absolute atomic E-state index is 13.9. The van der Waals surface area contributed by atoms with Crippen molar-refractivity contribution in [3.05, 3.63) is 28.2 Å². The molecule has 0 fully saturated rings. The Hall–Kier alpha value is -1.21. The molecular formula is C12H14BrF2NO3. The van der Waals surface area contributed by atoms with Gasteiger partial charge in [-0.1, -0.05) is 15.9 Å². The van der Waals surface area contributed by atoms with Gasteiger partial charge in [-0.05, 0) is 25.1 Å². The Morgan fingerprint density at radius 1 is 1.53 bits per heavy atom. The third-order valence-electron chi connectivity index (χ3n) is 2.46. The van der Waals surface area contributed by atoms with Gasteiger partial charge in [0.2, 0.25) is 0 Å². The predicted octanol–water partition coefficient (Wildman–Crippen LogP) is 2.66. The van der Waals surface area contributed by atoms with E-state index in [1.165, 1.54) is 26.2 Å². The normalized spacial score (nSPS) is 12.9. The minimum Gasteiger partial charge on any atom is -0.496 e. The van der Waals surface area contributed by atoms with E-state index in [0.29, 0.717) is 4.47 Å². The van der Waals surface area contributed by atoms with E-state index in [1.807, 2.05) is 0 Å². The van der Waals surface area contributed by atoms with Crippen molar-refractivity contribution in [2.45, 2.75) is 18.9 Å². The van der Waals surface area contributed by atoms with Gasteiger partial charge >= 0.3 is 11.9 Å². The van der Waals surface area contributed by atoms with E-state index in [4.69, 9.17) is 10.5 Å². The molecule has 0 spiro atoms. The molecule has 4 nitrogen and oxygen atoms in total. The molecule has 0 bridgehead atoms. The molecular weight excluding hydrogens is 324 g/mol. The average molecular weight is 338 g/mol. The fraction of sp³-hybridized carbons (Fsp3) is 0.417. The summed E-state index contributed by atoms with van der Waals surface area (Å²) in [4.78, 5) is 11.3. The van der Waals surface area contributed by atoms with Gasteiger partial charge in [0.15, 0.2) is 0 Å². The number of methoxy groups -OCH3 is 1. The number of ether oxygens (including phenoxy) is 2. The summed E-state index contributed by atoms with van der Waals surface area (Å²) >= 11 is 3.16. The summed E-state index contributed by atoms with van der Waals surface area (Å²) in [5, 5.41) is 0. The molecule has 0 aliphatic heterocycles. The fourth-order valence-electron chi connectivity index (χ4n) is 1.50.